The van der Waals surface area contributed by atoms with Crippen LogP contribution in [0.5, 0.6) is 0 Å². The Balaban J connectivity index is 0.00000243. The van der Waals surface area contributed by atoms with Crippen LogP contribution >= 0.6 is 12.4 Å². The fourth-order valence-electron chi connectivity index (χ4n) is 2.92. The van der Waals surface area contributed by atoms with Crippen LogP contribution in [0, 0.1) is 0 Å². The van der Waals surface area contributed by atoms with Crippen LogP contribution in [-0.2, 0) is 12.5 Å². The van der Waals surface area contributed by atoms with Crippen LogP contribution in [-0.4, -0.2) is 17.3 Å². The van der Waals surface area contributed by atoms with Gasteiger partial charge in [-0.05, 0) is 28.7 Å². The third-order valence-corrected chi connectivity index (χ3v) is 4.51. The molecule has 0 radical (unpaired) electrons. The number of aryl methyl sites for hydroxylation is 1. The number of benzene rings is 2. The summed E-state index contributed by atoms with van der Waals surface area (Å²) in [5.74, 6) is 0. The lowest BCUT2D eigenvalue weighted by Gasteiger charge is -2.18. The zero-order valence-electron chi connectivity index (χ0n) is 15.9. The molecule has 0 N–H and O–H groups in total. The molecule has 26 heavy (non-hydrogen) atoms. The average molecular weight is 367 g/mol. The fourth-order valence-corrected chi connectivity index (χ4v) is 2.92. The van der Waals surface area contributed by atoms with Gasteiger partial charge in [-0.15, -0.1) is 12.4 Å². The van der Waals surface area contributed by atoms with Gasteiger partial charge in [0.1, 0.15) is 0 Å². The normalized spacial score (nSPS) is 12.2. The molecule has 136 valence electrons. The molecule has 0 aliphatic rings. The number of fused-ring (bicyclic) bond motifs is 1. The van der Waals surface area contributed by atoms with Crippen molar-refractivity contribution >= 4 is 35.6 Å². The van der Waals surface area contributed by atoms with E-state index in [2.05, 4.69) is 104 Å². The average Bonchev–Trinajstić information content (AvgIpc) is 2.91. The Kier molecular flexibility index (Phi) is 6.44. The SMILES string of the molecule is Cl.Cn1c(C=NC/C=C/c2ccc(C(C)(C)C)cc2)cc2ccccc21. The highest BCUT2D eigenvalue weighted by Gasteiger charge is 2.12. The largest absolute Gasteiger partial charge is 0.343 e. The summed E-state index contributed by atoms with van der Waals surface area (Å²) in [6, 6.07) is 19.3. The van der Waals surface area contributed by atoms with Crippen molar-refractivity contribution < 1.29 is 0 Å². The summed E-state index contributed by atoms with van der Waals surface area (Å²) in [6.45, 7) is 7.39. The van der Waals surface area contributed by atoms with E-state index < -0.39 is 0 Å². The first-order chi connectivity index (χ1) is 11.9. The first-order valence-electron chi connectivity index (χ1n) is 8.76. The molecule has 0 saturated heterocycles. The van der Waals surface area contributed by atoms with Gasteiger partial charge in [0, 0.05) is 24.2 Å². The zero-order valence-corrected chi connectivity index (χ0v) is 16.8. The third kappa shape index (κ3) is 4.64. The van der Waals surface area contributed by atoms with Crippen molar-refractivity contribution in [2.75, 3.05) is 6.54 Å². The van der Waals surface area contributed by atoms with Crippen LogP contribution in [0.25, 0.3) is 17.0 Å². The van der Waals surface area contributed by atoms with Crippen LogP contribution in [0.4, 0.5) is 0 Å². The van der Waals surface area contributed by atoms with Gasteiger partial charge in [0.25, 0.3) is 0 Å². The maximum Gasteiger partial charge on any atom is 0.0596 e. The minimum atomic E-state index is 0. The van der Waals surface area contributed by atoms with Gasteiger partial charge in [-0.2, -0.15) is 0 Å². The maximum atomic E-state index is 4.54. The second kappa shape index (κ2) is 8.37. The van der Waals surface area contributed by atoms with Crippen molar-refractivity contribution in [3.63, 3.8) is 0 Å². The van der Waals surface area contributed by atoms with E-state index >= 15 is 0 Å². The summed E-state index contributed by atoms with van der Waals surface area (Å²) in [5.41, 5.74) is 5.14. The molecule has 0 unspecified atom stereocenters. The molecule has 3 aromatic rings. The first kappa shape index (κ1) is 20.0. The van der Waals surface area contributed by atoms with Gasteiger partial charge in [0.15, 0.2) is 0 Å². The van der Waals surface area contributed by atoms with Gasteiger partial charge in [-0.25, -0.2) is 0 Å². The molecule has 1 aromatic heterocycles. The fraction of sp³-hybridized carbons (Fsp3) is 0.261. The molecule has 0 fully saturated rings. The number of aromatic nitrogens is 1. The first-order valence-corrected chi connectivity index (χ1v) is 8.76. The number of hydrogen-bond donors (Lipinski definition) is 0. The predicted molar refractivity (Wildman–Crippen MR) is 117 cm³/mol. The van der Waals surface area contributed by atoms with E-state index in [0.717, 1.165) is 5.69 Å². The number of hydrogen-bond acceptors (Lipinski definition) is 1. The predicted octanol–water partition coefficient (Wildman–Crippen LogP) is 6.03. The van der Waals surface area contributed by atoms with Crippen molar-refractivity contribution in [3.05, 3.63) is 77.5 Å². The number of nitrogens with zero attached hydrogens (tertiary/aromatic N) is 2. The van der Waals surface area contributed by atoms with E-state index in [0.29, 0.717) is 6.54 Å². The lowest BCUT2D eigenvalue weighted by molar-refractivity contribution is 0.590. The van der Waals surface area contributed by atoms with E-state index in [1.54, 1.807) is 0 Å². The minimum absolute atomic E-state index is 0. The molecule has 3 rings (SSSR count). The Hall–Kier alpha value is -2.32. The van der Waals surface area contributed by atoms with Crippen LogP contribution in [0.3, 0.4) is 0 Å². The molecule has 0 saturated carbocycles. The summed E-state index contributed by atoms with van der Waals surface area (Å²) in [4.78, 5) is 4.54. The highest BCUT2D eigenvalue weighted by molar-refractivity contribution is 5.90. The summed E-state index contributed by atoms with van der Waals surface area (Å²) >= 11 is 0. The van der Waals surface area contributed by atoms with Gasteiger partial charge >= 0.3 is 0 Å². The van der Waals surface area contributed by atoms with Gasteiger partial charge in [-0.1, -0.05) is 75.4 Å². The quantitative estimate of drug-likeness (QED) is 0.501. The van der Waals surface area contributed by atoms with Gasteiger partial charge in [-0.3, -0.25) is 4.99 Å². The summed E-state index contributed by atoms with van der Waals surface area (Å²) in [5, 5.41) is 1.25. The van der Waals surface area contributed by atoms with E-state index in [1.165, 1.54) is 22.0 Å². The van der Waals surface area contributed by atoms with E-state index in [-0.39, 0.29) is 17.8 Å². The zero-order chi connectivity index (χ0) is 17.9. The molecule has 2 nitrogen and oxygen atoms in total. The molecular formula is C23H27ClN2. The molecule has 0 atom stereocenters. The lowest BCUT2D eigenvalue weighted by Crippen LogP contribution is -2.10. The Morgan fingerprint density at radius 1 is 1.00 bits per heavy atom. The van der Waals surface area contributed by atoms with Crippen LogP contribution in [0.15, 0.2) is 65.7 Å². The molecule has 0 bridgehead atoms. The van der Waals surface area contributed by atoms with Crippen LogP contribution in [0.2, 0.25) is 0 Å². The van der Waals surface area contributed by atoms with Crippen molar-refractivity contribution in [2.45, 2.75) is 26.2 Å². The molecular weight excluding hydrogens is 340 g/mol. The number of halogens is 1. The molecule has 0 aliphatic heterocycles. The Bertz CT molecular complexity index is 910. The minimum Gasteiger partial charge on any atom is -0.343 e. The van der Waals surface area contributed by atoms with E-state index in [9.17, 15) is 0 Å². The van der Waals surface area contributed by atoms with E-state index in [1.807, 2.05) is 6.21 Å². The topological polar surface area (TPSA) is 17.3 Å². The third-order valence-electron chi connectivity index (χ3n) is 4.51. The van der Waals surface area contributed by atoms with Gasteiger partial charge < -0.3 is 4.57 Å². The summed E-state index contributed by atoms with van der Waals surface area (Å²) < 4.78 is 2.17. The molecule has 0 spiro atoms. The second-order valence-electron chi connectivity index (χ2n) is 7.46. The van der Waals surface area contributed by atoms with Crippen LogP contribution in [0.1, 0.15) is 37.6 Å². The number of para-hydroxylation sites is 1. The lowest BCUT2D eigenvalue weighted by atomic mass is 9.87. The van der Waals surface area contributed by atoms with Gasteiger partial charge in [0.05, 0.1) is 12.2 Å². The maximum absolute atomic E-state index is 4.54. The molecule has 0 amide bonds. The van der Waals surface area contributed by atoms with Crippen molar-refractivity contribution in [3.8, 4) is 0 Å². The smallest absolute Gasteiger partial charge is 0.0596 e. The molecule has 1 heterocycles. The molecule has 0 aliphatic carbocycles. The second-order valence-corrected chi connectivity index (χ2v) is 7.46. The van der Waals surface area contributed by atoms with Crippen molar-refractivity contribution in [1.82, 2.24) is 4.57 Å². The van der Waals surface area contributed by atoms with Crippen LogP contribution < -0.4 is 0 Å². The highest BCUT2D eigenvalue weighted by Crippen LogP contribution is 2.22. The Morgan fingerprint density at radius 2 is 1.69 bits per heavy atom. The Labute approximate surface area is 162 Å². The van der Waals surface area contributed by atoms with Crippen molar-refractivity contribution in [1.29, 1.82) is 0 Å². The highest BCUT2D eigenvalue weighted by atomic mass is 35.5. The standard InChI is InChI=1S/C23H26N2.ClH/c1-23(2,3)20-13-11-18(12-14-20)8-7-15-24-17-21-16-19-9-5-6-10-22(19)25(21)4;/h5-14,16-17H,15H2,1-4H3;1H/b8-7+,24-17?;. The monoisotopic (exact) mass is 366 g/mol. The summed E-state index contributed by atoms with van der Waals surface area (Å²) in [7, 11) is 2.08. The Morgan fingerprint density at radius 3 is 2.35 bits per heavy atom. The molecule has 2 aromatic carbocycles. The van der Waals surface area contributed by atoms with E-state index in [4.69, 9.17) is 0 Å². The summed E-state index contributed by atoms with van der Waals surface area (Å²) in [6.07, 6.45) is 6.18. The number of rotatable bonds is 4. The van der Waals surface area contributed by atoms with Gasteiger partial charge in [0.2, 0.25) is 0 Å². The molecule has 3 heteroatoms. The van der Waals surface area contributed by atoms with Crippen molar-refractivity contribution in [2.24, 2.45) is 12.0 Å². The number of aliphatic imine (C=N–C) groups is 1.